The number of amides is 2. The number of rotatable bonds is 7. The topological polar surface area (TPSA) is 141 Å². The van der Waals surface area contributed by atoms with Gasteiger partial charge in [0.25, 0.3) is 11.8 Å². The van der Waals surface area contributed by atoms with Crippen LogP contribution in [0.4, 0.5) is 14.9 Å². The van der Waals surface area contributed by atoms with Crippen LogP contribution in [0.15, 0.2) is 45.8 Å². The number of hydrogen-bond donors (Lipinski definition) is 1. The monoisotopic (exact) mass is 624 g/mol. The minimum absolute atomic E-state index is 0.0436. The minimum Gasteiger partial charge on any atom is -0.444 e. The van der Waals surface area contributed by atoms with Crippen molar-refractivity contribution >= 4 is 39.1 Å². The molecule has 0 radical (unpaired) electrons. The van der Waals surface area contributed by atoms with E-state index in [1.807, 2.05) is 0 Å². The van der Waals surface area contributed by atoms with Gasteiger partial charge in [0.2, 0.25) is 5.82 Å². The smallest absolute Gasteiger partial charge is 0.408 e. The molecule has 12 nitrogen and oxygen atoms in total. The Morgan fingerprint density at radius 2 is 1.90 bits per heavy atom. The fourth-order valence-electron chi connectivity index (χ4n) is 4.17. The van der Waals surface area contributed by atoms with Gasteiger partial charge in [0, 0.05) is 5.02 Å². The standard InChI is InChI=1S/C27H31ClFN5O7S/c1-27(2,3)40-26(36)30-20-15-42(37,38)22-12-19(29)18(24-31-23(41-32-24)14-34(4,5)39-6)11-21(22)33(25(20)35)13-16-7-9-17(28)10-8-16/h7-12,20H,13-15H2,1-6H3/p+1/t20-/m0/s1. The predicted molar refractivity (Wildman–Crippen MR) is 150 cm³/mol. The first-order chi connectivity index (χ1) is 19.5. The zero-order chi connectivity index (χ0) is 31.0. The first kappa shape index (κ1) is 31.3. The second-order valence-corrected chi connectivity index (χ2v) is 13.7. The molecular formula is C27H32ClFN5O7S+. The molecule has 0 spiro atoms. The molecule has 1 aliphatic rings. The summed E-state index contributed by atoms with van der Waals surface area (Å²) < 4.78 is 53.2. The lowest BCUT2D eigenvalue weighted by atomic mass is 10.1. The van der Waals surface area contributed by atoms with Crippen LogP contribution in [-0.2, 0) is 37.3 Å². The predicted octanol–water partition coefficient (Wildman–Crippen LogP) is 3.88. The lowest BCUT2D eigenvalue weighted by Gasteiger charge is -2.27. The average molecular weight is 625 g/mol. The number of carbonyl (C=O) groups is 2. The number of aromatic nitrogens is 2. The Bertz CT molecular complexity index is 1600. The quantitative estimate of drug-likeness (QED) is 0.306. The number of anilines is 1. The highest BCUT2D eigenvalue weighted by molar-refractivity contribution is 7.91. The van der Waals surface area contributed by atoms with Gasteiger partial charge in [-0.1, -0.05) is 28.9 Å². The Hall–Kier alpha value is -3.59. The third-order valence-corrected chi connectivity index (χ3v) is 8.31. The van der Waals surface area contributed by atoms with Crippen molar-refractivity contribution in [3.05, 3.63) is 58.7 Å². The van der Waals surface area contributed by atoms with Crippen molar-refractivity contribution in [1.29, 1.82) is 0 Å². The van der Waals surface area contributed by atoms with Crippen LogP contribution in [0.2, 0.25) is 5.02 Å². The number of sulfone groups is 1. The van der Waals surface area contributed by atoms with Crippen LogP contribution in [0.3, 0.4) is 0 Å². The van der Waals surface area contributed by atoms with Crippen molar-refractivity contribution in [1.82, 2.24) is 15.5 Å². The van der Waals surface area contributed by atoms with E-state index in [1.165, 1.54) is 18.1 Å². The van der Waals surface area contributed by atoms with E-state index in [0.717, 1.165) is 6.07 Å². The molecule has 0 bridgehead atoms. The summed E-state index contributed by atoms with van der Waals surface area (Å²) in [7, 11) is 0.698. The number of halogens is 2. The molecule has 1 aliphatic heterocycles. The van der Waals surface area contributed by atoms with Gasteiger partial charge in [0.15, 0.2) is 16.4 Å². The van der Waals surface area contributed by atoms with Gasteiger partial charge in [-0.25, -0.2) is 22.4 Å². The fourth-order valence-corrected chi connectivity index (χ4v) is 5.91. The Kier molecular flexibility index (Phi) is 8.65. The molecule has 0 saturated carbocycles. The molecule has 15 heteroatoms. The molecule has 2 amide bonds. The molecule has 3 aromatic rings. The van der Waals surface area contributed by atoms with Crippen molar-refractivity contribution < 1.29 is 41.1 Å². The van der Waals surface area contributed by atoms with Gasteiger partial charge in [0.1, 0.15) is 17.5 Å². The second kappa shape index (κ2) is 11.6. The van der Waals surface area contributed by atoms with E-state index in [4.69, 9.17) is 25.7 Å². The van der Waals surface area contributed by atoms with Crippen molar-refractivity contribution in [2.75, 3.05) is 31.9 Å². The SMILES string of the molecule is CO[N+](C)(C)Cc1nc(-c2cc3c(cc2F)S(=O)(=O)C[C@H](NC(=O)OC(C)(C)C)C(=O)N3Cc2ccc(Cl)cc2)no1. The van der Waals surface area contributed by atoms with E-state index in [9.17, 15) is 18.0 Å². The summed E-state index contributed by atoms with van der Waals surface area (Å²) in [6.45, 7) is 4.94. The third-order valence-electron chi connectivity index (χ3n) is 6.29. The maximum absolute atomic E-state index is 15.5. The van der Waals surface area contributed by atoms with Crippen LogP contribution >= 0.6 is 11.6 Å². The Balaban J connectivity index is 1.82. The third kappa shape index (κ3) is 7.24. The fraction of sp³-hybridized carbons (Fsp3) is 0.407. The number of benzene rings is 2. The zero-order valence-corrected chi connectivity index (χ0v) is 25.5. The van der Waals surface area contributed by atoms with Crippen molar-refractivity contribution in [2.45, 2.75) is 50.4 Å². The van der Waals surface area contributed by atoms with Crippen LogP contribution in [-0.4, -0.2) is 73.8 Å². The Labute approximate surface area is 247 Å². The molecule has 4 rings (SSSR count). The van der Waals surface area contributed by atoms with Crippen molar-refractivity contribution in [2.24, 2.45) is 0 Å². The van der Waals surface area contributed by atoms with Crippen molar-refractivity contribution in [3.8, 4) is 11.4 Å². The molecule has 0 fully saturated rings. The maximum Gasteiger partial charge on any atom is 0.408 e. The van der Waals surface area contributed by atoms with E-state index in [-0.39, 0.29) is 40.7 Å². The van der Waals surface area contributed by atoms with Gasteiger partial charge in [-0.15, -0.1) is 0 Å². The van der Waals surface area contributed by atoms with Gasteiger partial charge < -0.3 is 19.5 Å². The number of quaternary nitrogens is 1. The number of ether oxygens (including phenoxy) is 1. The summed E-state index contributed by atoms with van der Waals surface area (Å²) in [5.74, 6) is -2.50. The molecule has 42 heavy (non-hydrogen) atoms. The van der Waals surface area contributed by atoms with E-state index >= 15 is 4.39 Å². The largest absolute Gasteiger partial charge is 0.444 e. The summed E-state index contributed by atoms with van der Waals surface area (Å²) in [5, 5.41) is 6.70. The van der Waals surface area contributed by atoms with Crippen LogP contribution in [0.1, 0.15) is 32.2 Å². The van der Waals surface area contributed by atoms with Gasteiger partial charge in [-0.05, 0) is 50.6 Å². The first-order valence-electron chi connectivity index (χ1n) is 12.8. The van der Waals surface area contributed by atoms with Gasteiger partial charge in [-0.3, -0.25) is 4.79 Å². The van der Waals surface area contributed by atoms with E-state index in [1.54, 1.807) is 59.1 Å². The van der Waals surface area contributed by atoms with E-state index in [2.05, 4.69) is 15.5 Å². The minimum atomic E-state index is -4.30. The van der Waals surface area contributed by atoms with E-state index < -0.39 is 49.9 Å². The lowest BCUT2D eigenvalue weighted by molar-refractivity contribution is -1.08. The summed E-state index contributed by atoms with van der Waals surface area (Å²) in [6, 6.07) is 7.05. The number of carbonyl (C=O) groups excluding carboxylic acids is 2. The number of hydrogen-bond acceptors (Lipinski definition) is 9. The number of fused-ring (bicyclic) bond motifs is 1. The molecule has 2 aromatic carbocycles. The first-order valence-corrected chi connectivity index (χ1v) is 14.8. The summed E-state index contributed by atoms with van der Waals surface area (Å²) in [5.41, 5.74) is -0.601. The highest BCUT2D eigenvalue weighted by atomic mass is 35.5. The average Bonchev–Trinajstić information content (AvgIpc) is 3.31. The Morgan fingerprint density at radius 3 is 2.52 bits per heavy atom. The second-order valence-electron chi connectivity index (χ2n) is 11.3. The number of nitrogens with one attached hydrogen (secondary N) is 1. The molecule has 1 N–H and O–H groups in total. The Morgan fingerprint density at radius 1 is 1.24 bits per heavy atom. The highest BCUT2D eigenvalue weighted by Gasteiger charge is 2.40. The molecule has 1 aromatic heterocycles. The number of hydroxylamine groups is 3. The van der Waals surface area contributed by atoms with Crippen LogP contribution in [0, 0.1) is 5.82 Å². The molecular weight excluding hydrogens is 593 g/mol. The molecule has 0 unspecified atom stereocenters. The number of nitrogens with zero attached hydrogens (tertiary/aromatic N) is 4. The van der Waals surface area contributed by atoms with Crippen molar-refractivity contribution in [3.63, 3.8) is 0 Å². The molecule has 0 saturated heterocycles. The van der Waals surface area contributed by atoms with Crippen LogP contribution < -0.4 is 10.2 Å². The normalized spacial score (nSPS) is 17.0. The van der Waals surface area contributed by atoms with Gasteiger partial charge in [-0.2, -0.15) is 9.63 Å². The summed E-state index contributed by atoms with van der Waals surface area (Å²) in [4.78, 5) is 36.8. The van der Waals surface area contributed by atoms with E-state index in [0.29, 0.717) is 10.6 Å². The zero-order valence-electron chi connectivity index (χ0n) is 24.0. The maximum atomic E-state index is 15.5. The summed E-state index contributed by atoms with van der Waals surface area (Å²) in [6.07, 6.45) is -0.975. The number of alkyl carbamates (subject to hydrolysis) is 1. The summed E-state index contributed by atoms with van der Waals surface area (Å²) >= 11 is 6.02. The molecule has 1 atom stereocenters. The highest BCUT2D eigenvalue weighted by Crippen LogP contribution is 2.37. The molecule has 0 aliphatic carbocycles. The molecule has 2 heterocycles. The van der Waals surface area contributed by atoms with Crippen LogP contribution in [0.5, 0.6) is 0 Å². The lowest BCUT2D eigenvalue weighted by Crippen LogP contribution is -2.51. The van der Waals surface area contributed by atoms with Gasteiger partial charge >= 0.3 is 6.09 Å². The van der Waals surface area contributed by atoms with Gasteiger partial charge in [0.05, 0.1) is 49.6 Å². The molecule has 226 valence electrons. The van der Waals surface area contributed by atoms with Crippen LogP contribution in [0.25, 0.3) is 11.4 Å².